The molecule has 0 bridgehead atoms. The molecule has 0 atom stereocenters. The Morgan fingerprint density at radius 1 is 0.810 bits per heavy atom. The van der Waals surface area contributed by atoms with Gasteiger partial charge in [-0.15, -0.1) is 0 Å². The highest BCUT2D eigenvalue weighted by molar-refractivity contribution is 6.33. The molecule has 0 aromatic heterocycles. The van der Waals surface area contributed by atoms with Gasteiger partial charge in [0.15, 0.2) is 0 Å². The third kappa shape index (κ3) is 2.99. The van der Waals surface area contributed by atoms with Crippen molar-refractivity contribution in [3.8, 4) is 0 Å². The predicted octanol–water partition coefficient (Wildman–Crippen LogP) is 3.16. The highest BCUT2D eigenvalue weighted by atomic mass is 35.5. The fourth-order valence-electron chi connectivity index (χ4n) is 2.85. The summed E-state index contributed by atoms with van der Waals surface area (Å²) in [7, 11) is 0. The fraction of sp³-hybridized carbons (Fsp3) is 0.294. The Bertz CT molecular complexity index is 609. The van der Waals surface area contributed by atoms with Gasteiger partial charge in [-0.05, 0) is 18.2 Å². The van der Waals surface area contributed by atoms with Gasteiger partial charge in [-0.25, -0.2) is 0 Å². The molecule has 1 N–H and O–H groups in total. The number of aliphatic hydroxyl groups is 1. The number of nitrogens with zero attached hydrogens (tertiary/aromatic N) is 2. The maximum absolute atomic E-state index is 9.46. The molecule has 3 nitrogen and oxygen atoms in total. The van der Waals surface area contributed by atoms with E-state index >= 15 is 0 Å². The molecule has 2 aromatic carbocycles. The van der Waals surface area contributed by atoms with Gasteiger partial charge in [-0.1, -0.05) is 41.9 Å². The summed E-state index contributed by atoms with van der Waals surface area (Å²) in [5, 5.41) is 10.3. The first kappa shape index (κ1) is 14.2. The van der Waals surface area contributed by atoms with E-state index in [4.69, 9.17) is 11.6 Å². The molecule has 0 saturated carbocycles. The third-order valence-electron chi connectivity index (χ3n) is 3.98. The van der Waals surface area contributed by atoms with E-state index in [1.54, 1.807) is 0 Å². The number of benzene rings is 2. The van der Waals surface area contributed by atoms with Crippen LogP contribution in [0.15, 0.2) is 48.5 Å². The lowest BCUT2D eigenvalue weighted by molar-refractivity contribution is 0.282. The van der Waals surface area contributed by atoms with Crippen molar-refractivity contribution in [3.63, 3.8) is 0 Å². The third-order valence-corrected chi connectivity index (χ3v) is 4.30. The Morgan fingerprint density at radius 2 is 1.33 bits per heavy atom. The molecule has 21 heavy (non-hydrogen) atoms. The lowest BCUT2D eigenvalue weighted by Gasteiger charge is -2.38. The quantitative estimate of drug-likeness (QED) is 0.943. The number of halogens is 1. The van der Waals surface area contributed by atoms with Gasteiger partial charge in [0.1, 0.15) is 0 Å². The van der Waals surface area contributed by atoms with E-state index in [1.807, 2.05) is 36.4 Å². The van der Waals surface area contributed by atoms with Crippen molar-refractivity contribution >= 4 is 23.0 Å². The number of piperazine rings is 1. The minimum absolute atomic E-state index is 0.0842. The maximum atomic E-state index is 9.46. The van der Waals surface area contributed by atoms with Gasteiger partial charge in [0, 0.05) is 37.4 Å². The van der Waals surface area contributed by atoms with Gasteiger partial charge in [0.25, 0.3) is 0 Å². The zero-order valence-corrected chi connectivity index (χ0v) is 12.6. The van der Waals surface area contributed by atoms with E-state index < -0.39 is 0 Å². The summed E-state index contributed by atoms with van der Waals surface area (Å²) in [6.07, 6.45) is 0. The van der Waals surface area contributed by atoms with E-state index in [-0.39, 0.29) is 6.61 Å². The summed E-state index contributed by atoms with van der Waals surface area (Å²) in [4.78, 5) is 4.65. The number of hydrogen-bond donors (Lipinski definition) is 1. The zero-order chi connectivity index (χ0) is 14.7. The van der Waals surface area contributed by atoms with E-state index in [9.17, 15) is 5.11 Å². The molecular formula is C17H19ClN2O. The summed E-state index contributed by atoms with van der Waals surface area (Å²) in [5.41, 5.74) is 3.23. The Labute approximate surface area is 130 Å². The van der Waals surface area contributed by atoms with Gasteiger partial charge >= 0.3 is 0 Å². The first-order valence-corrected chi connectivity index (χ1v) is 7.60. The van der Waals surface area contributed by atoms with Gasteiger partial charge in [-0.3, -0.25) is 0 Å². The Hall–Kier alpha value is -1.71. The molecule has 0 radical (unpaired) electrons. The summed E-state index contributed by atoms with van der Waals surface area (Å²) >= 11 is 6.27. The van der Waals surface area contributed by atoms with Crippen LogP contribution in [0.5, 0.6) is 0 Å². The molecule has 4 heteroatoms. The smallest absolute Gasteiger partial charge is 0.0702 e. The highest BCUT2D eigenvalue weighted by Gasteiger charge is 2.20. The first-order valence-electron chi connectivity index (χ1n) is 7.23. The van der Waals surface area contributed by atoms with Crippen LogP contribution in [0.1, 0.15) is 5.56 Å². The average molecular weight is 303 g/mol. The molecule has 0 aliphatic carbocycles. The highest BCUT2D eigenvalue weighted by Crippen LogP contribution is 2.28. The standard InChI is InChI=1S/C17H19ClN2O/c18-15-6-2-4-8-17(15)20-11-9-19(10-12-20)16-7-3-1-5-14(16)13-21/h1-8,21H,9-13H2. The number of rotatable bonds is 3. The van der Waals surface area contributed by atoms with Crippen LogP contribution in [0.4, 0.5) is 11.4 Å². The van der Waals surface area contributed by atoms with Crippen LogP contribution >= 0.6 is 11.6 Å². The van der Waals surface area contributed by atoms with Crippen LogP contribution in [0, 0.1) is 0 Å². The summed E-state index contributed by atoms with van der Waals surface area (Å²) in [5.74, 6) is 0. The molecule has 1 fully saturated rings. The van der Waals surface area contributed by atoms with Crippen molar-refractivity contribution in [1.82, 2.24) is 0 Å². The van der Waals surface area contributed by atoms with Crippen LogP contribution in [0.25, 0.3) is 0 Å². The monoisotopic (exact) mass is 302 g/mol. The first-order chi connectivity index (χ1) is 10.3. The molecule has 0 amide bonds. The van der Waals surface area contributed by atoms with E-state index in [2.05, 4.69) is 21.9 Å². The topological polar surface area (TPSA) is 26.7 Å². The van der Waals surface area contributed by atoms with Gasteiger partial charge in [0.2, 0.25) is 0 Å². The predicted molar refractivity (Wildman–Crippen MR) is 88.2 cm³/mol. The van der Waals surface area contributed by atoms with E-state index in [0.29, 0.717) is 0 Å². The minimum Gasteiger partial charge on any atom is -0.392 e. The normalized spacial score (nSPS) is 15.3. The number of hydrogen-bond acceptors (Lipinski definition) is 3. The van der Waals surface area contributed by atoms with Gasteiger partial charge < -0.3 is 14.9 Å². The second-order valence-electron chi connectivity index (χ2n) is 5.21. The van der Waals surface area contributed by atoms with Crippen molar-refractivity contribution in [1.29, 1.82) is 0 Å². The second kappa shape index (κ2) is 6.37. The van der Waals surface area contributed by atoms with Crippen molar-refractivity contribution in [2.75, 3.05) is 36.0 Å². The molecule has 3 rings (SSSR count). The Kier molecular flexibility index (Phi) is 4.32. The molecule has 1 heterocycles. The summed E-state index contributed by atoms with van der Waals surface area (Å²) in [6, 6.07) is 16.0. The largest absolute Gasteiger partial charge is 0.392 e. The molecule has 1 aliphatic heterocycles. The number of anilines is 2. The van der Waals surface area contributed by atoms with Crippen molar-refractivity contribution in [2.24, 2.45) is 0 Å². The molecule has 0 spiro atoms. The van der Waals surface area contributed by atoms with Crippen LogP contribution in [-0.4, -0.2) is 31.3 Å². The van der Waals surface area contributed by atoms with Crippen LogP contribution < -0.4 is 9.80 Å². The molecule has 0 unspecified atom stereocenters. The minimum atomic E-state index is 0.0842. The van der Waals surface area contributed by atoms with Crippen LogP contribution in [0.3, 0.4) is 0 Å². The van der Waals surface area contributed by atoms with Gasteiger partial charge in [0.05, 0.1) is 17.3 Å². The lowest BCUT2D eigenvalue weighted by Crippen LogP contribution is -2.46. The van der Waals surface area contributed by atoms with E-state index in [0.717, 1.165) is 48.1 Å². The zero-order valence-electron chi connectivity index (χ0n) is 11.9. The molecule has 110 valence electrons. The average Bonchev–Trinajstić information content (AvgIpc) is 2.55. The molecule has 1 saturated heterocycles. The van der Waals surface area contributed by atoms with Crippen LogP contribution in [0.2, 0.25) is 5.02 Å². The van der Waals surface area contributed by atoms with Crippen molar-refractivity contribution in [2.45, 2.75) is 6.61 Å². The SMILES string of the molecule is OCc1ccccc1N1CCN(c2ccccc2Cl)CC1. The number of para-hydroxylation sites is 2. The molecular weight excluding hydrogens is 284 g/mol. The van der Waals surface area contributed by atoms with Gasteiger partial charge in [-0.2, -0.15) is 0 Å². The lowest BCUT2D eigenvalue weighted by atomic mass is 10.1. The Balaban J connectivity index is 1.72. The molecule has 1 aliphatic rings. The summed E-state index contributed by atoms with van der Waals surface area (Å²) in [6.45, 7) is 3.82. The second-order valence-corrected chi connectivity index (χ2v) is 5.62. The van der Waals surface area contributed by atoms with Crippen molar-refractivity contribution < 1.29 is 5.11 Å². The van der Waals surface area contributed by atoms with Crippen molar-refractivity contribution in [3.05, 3.63) is 59.1 Å². The Morgan fingerprint density at radius 3 is 1.95 bits per heavy atom. The summed E-state index contributed by atoms with van der Waals surface area (Å²) < 4.78 is 0. The van der Waals surface area contributed by atoms with Crippen LogP contribution in [-0.2, 0) is 6.61 Å². The number of aliphatic hydroxyl groups excluding tert-OH is 1. The molecule has 2 aromatic rings. The van der Waals surface area contributed by atoms with E-state index in [1.165, 1.54) is 0 Å². The maximum Gasteiger partial charge on any atom is 0.0702 e. The fourth-order valence-corrected chi connectivity index (χ4v) is 3.10.